The summed E-state index contributed by atoms with van der Waals surface area (Å²) >= 11 is 0. The first-order valence-corrected chi connectivity index (χ1v) is 8.26. The van der Waals surface area contributed by atoms with E-state index < -0.39 is 0 Å². The molecule has 1 aliphatic carbocycles. The van der Waals surface area contributed by atoms with Gasteiger partial charge in [0.05, 0.1) is 0 Å². The molecule has 2 heterocycles. The maximum Gasteiger partial charge on any atom is 0.225 e. The molecule has 1 saturated heterocycles. The first kappa shape index (κ1) is 14.7. The van der Waals surface area contributed by atoms with E-state index in [4.69, 9.17) is 4.98 Å². The molecule has 0 amide bonds. The van der Waals surface area contributed by atoms with E-state index in [1.807, 2.05) is 6.20 Å². The van der Waals surface area contributed by atoms with Gasteiger partial charge in [-0.25, -0.2) is 9.97 Å². The third kappa shape index (κ3) is 3.92. The SMILES string of the molecule is CCNCc1cnc(N2CCN(CC3CC3)CC2)nc1C. The van der Waals surface area contributed by atoms with Gasteiger partial charge in [0.25, 0.3) is 0 Å². The first-order chi connectivity index (χ1) is 10.3. The fraction of sp³-hybridized carbons (Fsp3) is 0.750. The molecule has 0 radical (unpaired) electrons. The molecular formula is C16H27N5. The van der Waals surface area contributed by atoms with E-state index in [2.05, 4.69) is 33.9 Å². The maximum atomic E-state index is 4.70. The molecule has 3 rings (SSSR count). The second-order valence-corrected chi connectivity index (χ2v) is 6.29. The van der Waals surface area contributed by atoms with E-state index in [0.29, 0.717) is 0 Å². The lowest BCUT2D eigenvalue weighted by atomic mass is 10.2. The Hall–Kier alpha value is -1.20. The minimum atomic E-state index is 0.859. The molecule has 2 fully saturated rings. The van der Waals surface area contributed by atoms with Crippen LogP contribution in [0.4, 0.5) is 5.95 Å². The summed E-state index contributed by atoms with van der Waals surface area (Å²) in [5, 5.41) is 3.33. The normalized spacial score (nSPS) is 20.0. The van der Waals surface area contributed by atoms with Crippen molar-refractivity contribution in [1.82, 2.24) is 20.2 Å². The standard InChI is InChI=1S/C16H27N5/c1-3-17-10-15-11-18-16(19-13(15)2)21-8-6-20(7-9-21)12-14-4-5-14/h11,14,17H,3-10,12H2,1-2H3. The molecule has 2 aliphatic rings. The summed E-state index contributed by atoms with van der Waals surface area (Å²) in [7, 11) is 0. The monoisotopic (exact) mass is 289 g/mol. The molecule has 1 aliphatic heterocycles. The van der Waals surface area contributed by atoms with Crippen molar-refractivity contribution in [3.05, 3.63) is 17.5 Å². The van der Waals surface area contributed by atoms with Gasteiger partial charge >= 0.3 is 0 Å². The number of aromatic nitrogens is 2. The highest BCUT2D eigenvalue weighted by Gasteiger charge is 2.26. The van der Waals surface area contributed by atoms with Gasteiger partial charge in [0.15, 0.2) is 0 Å². The molecule has 0 bridgehead atoms. The van der Waals surface area contributed by atoms with Gasteiger partial charge < -0.3 is 10.2 Å². The predicted molar refractivity (Wildman–Crippen MR) is 85.5 cm³/mol. The van der Waals surface area contributed by atoms with Crippen LogP contribution < -0.4 is 10.2 Å². The van der Waals surface area contributed by atoms with E-state index in [0.717, 1.165) is 56.8 Å². The zero-order valence-electron chi connectivity index (χ0n) is 13.3. The van der Waals surface area contributed by atoms with Gasteiger partial charge in [0.2, 0.25) is 5.95 Å². The van der Waals surface area contributed by atoms with E-state index in [1.54, 1.807) is 0 Å². The molecule has 0 aromatic carbocycles. The molecule has 0 atom stereocenters. The van der Waals surface area contributed by atoms with Crippen LogP contribution in [0.15, 0.2) is 6.20 Å². The van der Waals surface area contributed by atoms with Crippen molar-refractivity contribution in [2.24, 2.45) is 5.92 Å². The van der Waals surface area contributed by atoms with Gasteiger partial charge in [-0.2, -0.15) is 0 Å². The van der Waals surface area contributed by atoms with Crippen molar-refractivity contribution in [1.29, 1.82) is 0 Å². The molecule has 21 heavy (non-hydrogen) atoms. The number of rotatable bonds is 6. The summed E-state index contributed by atoms with van der Waals surface area (Å²) in [6.07, 6.45) is 4.86. The predicted octanol–water partition coefficient (Wildman–Crippen LogP) is 1.43. The molecule has 0 spiro atoms. The van der Waals surface area contributed by atoms with E-state index in [-0.39, 0.29) is 0 Å². The fourth-order valence-electron chi connectivity index (χ4n) is 2.86. The van der Waals surface area contributed by atoms with Crippen LogP contribution in [-0.2, 0) is 6.54 Å². The Morgan fingerprint density at radius 3 is 2.62 bits per heavy atom. The van der Waals surface area contributed by atoms with Crippen LogP contribution in [0.3, 0.4) is 0 Å². The number of aryl methyl sites for hydroxylation is 1. The number of nitrogens with one attached hydrogen (secondary N) is 1. The van der Waals surface area contributed by atoms with Crippen molar-refractivity contribution < 1.29 is 0 Å². The lowest BCUT2D eigenvalue weighted by Crippen LogP contribution is -2.47. The number of piperazine rings is 1. The lowest BCUT2D eigenvalue weighted by Gasteiger charge is -2.34. The molecule has 1 N–H and O–H groups in total. The number of anilines is 1. The second kappa shape index (κ2) is 6.71. The summed E-state index contributed by atoms with van der Waals surface area (Å²) in [6, 6.07) is 0. The summed E-state index contributed by atoms with van der Waals surface area (Å²) < 4.78 is 0. The van der Waals surface area contributed by atoms with Crippen LogP contribution in [0, 0.1) is 12.8 Å². The molecule has 1 aromatic rings. The van der Waals surface area contributed by atoms with Crippen molar-refractivity contribution in [3.63, 3.8) is 0 Å². The highest BCUT2D eigenvalue weighted by atomic mass is 15.3. The largest absolute Gasteiger partial charge is 0.338 e. The van der Waals surface area contributed by atoms with Crippen LogP contribution in [0.25, 0.3) is 0 Å². The molecule has 1 saturated carbocycles. The van der Waals surface area contributed by atoms with Crippen LogP contribution in [0.2, 0.25) is 0 Å². The average molecular weight is 289 g/mol. The highest BCUT2D eigenvalue weighted by molar-refractivity contribution is 5.33. The Kier molecular flexibility index (Phi) is 4.70. The molecule has 5 heteroatoms. The van der Waals surface area contributed by atoms with Crippen molar-refractivity contribution in [2.45, 2.75) is 33.2 Å². The Balaban J connectivity index is 1.55. The fourth-order valence-corrected chi connectivity index (χ4v) is 2.86. The van der Waals surface area contributed by atoms with Gasteiger partial charge in [-0.05, 0) is 32.2 Å². The van der Waals surface area contributed by atoms with E-state index in [1.165, 1.54) is 24.9 Å². The van der Waals surface area contributed by atoms with Crippen LogP contribution in [-0.4, -0.2) is 54.1 Å². The van der Waals surface area contributed by atoms with Crippen LogP contribution >= 0.6 is 0 Å². The van der Waals surface area contributed by atoms with E-state index >= 15 is 0 Å². The summed E-state index contributed by atoms with van der Waals surface area (Å²) in [4.78, 5) is 14.2. The Labute approximate surface area is 127 Å². The average Bonchev–Trinajstić information content (AvgIpc) is 3.31. The van der Waals surface area contributed by atoms with Crippen molar-refractivity contribution >= 4 is 5.95 Å². The van der Waals surface area contributed by atoms with Crippen LogP contribution in [0.5, 0.6) is 0 Å². The molecule has 0 unspecified atom stereocenters. The molecular weight excluding hydrogens is 262 g/mol. The van der Waals surface area contributed by atoms with Gasteiger partial charge in [0.1, 0.15) is 0 Å². The van der Waals surface area contributed by atoms with Gasteiger partial charge in [-0.3, -0.25) is 4.90 Å². The number of nitrogens with zero attached hydrogens (tertiary/aromatic N) is 4. The van der Waals surface area contributed by atoms with Gasteiger partial charge in [-0.1, -0.05) is 6.92 Å². The first-order valence-electron chi connectivity index (χ1n) is 8.26. The zero-order valence-corrected chi connectivity index (χ0v) is 13.3. The van der Waals surface area contributed by atoms with Gasteiger partial charge in [-0.15, -0.1) is 0 Å². The lowest BCUT2D eigenvalue weighted by molar-refractivity contribution is 0.247. The second-order valence-electron chi connectivity index (χ2n) is 6.29. The third-order valence-corrected chi connectivity index (χ3v) is 4.50. The minimum Gasteiger partial charge on any atom is -0.338 e. The number of hydrogen-bond donors (Lipinski definition) is 1. The Morgan fingerprint density at radius 1 is 1.24 bits per heavy atom. The van der Waals surface area contributed by atoms with Crippen molar-refractivity contribution in [2.75, 3.05) is 44.2 Å². The Bertz CT molecular complexity index is 464. The molecule has 5 nitrogen and oxygen atoms in total. The summed E-state index contributed by atoms with van der Waals surface area (Å²) in [5.41, 5.74) is 2.30. The van der Waals surface area contributed by atoms with Crippen molar-refractivity contribution in [3.8, 4) is 0 Å². The Morgan fingerprint density at radius 2 is 2.00 bits per heavy atom. The smallest absolute Gasteiger partial charge is 0.225 e. The quantitative estimate of drug-likeness (QED) is 0.858. The van der Waals surface area contributed by atoms with Gasteiger partial charge in [0, 0.05) is 56.7 Å². The maximum absolute atomic E-state index is 4.70. The zero-order chi connectivity index (χ0) is 14.7. The molecule has 1 aromatic heterocycles. The summed E-state index contributed by atoms with van der Waals surface area (Å²) in [6.45, 7) is 11.7. The number of hydrogen-bond acceptors (Lipinski definition) is 5. The van der Waals surface area contributed by atoms with Crippen LogP contribution in [0.1, 0.15) is 31.0 Å². The summed E-state index contributed by atoms with van der Waals surface area (Å²) in [5.74, 6) is 1.89. The molecule has 116 valence electrons. The highest BCUT2D eigenvalue weighted by Crippen LogP contribution is 2.30. The topological polar surface area (TPSA) is 44.3 Å². The minimum absolute atomic E-state index is 0.859. The third-order valence-electron chi connectivity index (χ3n) is 4.50. The van der Waals surface area contributed by atoms with E-state index in [9.17, 15) is 0 Å².